The molecular formula is C27H36N4O4. The lowest BCUT2D eigenvalue weighted by Crippen LogP contribution is -2.60. The molecule has 8 heteroatoms. The molecule has 1 amide bonds. The van der Waals surface area contributed by atoms with E-state index in [1.165, 1.54) is 11.3 Å². The third-order valence-electron chi connectivity index (χ3n) is 9.01. The Labute approximate surface area is 206 Å². The van der Waals surface area contributed by atoms with Gasteiger partial charge in [-0.05, 0) is 67.7 Å². The van der Waals surface area contributed by atoms with Crippen LogP contribution >= 0.6 is 0 Å². The lowest BCUT2D eigenvalue weighted by atomic mass is 9.93. The van der Waals surface area contributed by atoms with Crippen molar-refractivity contribution >= 4 is 28.2 Å². The molecule has 1 spiro atoms. The minimum Gasteiger partial charge on any atom is -0.389 e. The zero-order chi connectivity index (χ0) is 24.2. The van der Waals surface area contributed by atoms with Crippen molar-refractivity contribution in [1.82, 2.24) is 9.88 Å². The second kappa shape index (κ2) is 8.69. The van der Waals surface area contributed by atoms with E-state index >= 15 is 0 Å². The first-order valence-corrected chi connectivity index (χ1v) is 12.9. The van der Waals surface area contributed by atoms with Gasteiger partial charge in [-0.25, -0.2) is 4.98 Å². The van der Waals surface area contributed by atoms with E-state index in [9.17, 15) is 9.90 Å². The average molecular weight is 481 g/mol. The predicted molar refractivity (Wildman–Crippen MR) is 135 cm³/mol. The van der Waals surface area contributed by atoms with Gasteiger partial charge in [0.25, 0.3) is 0 Å². The van der Waals surface area contributed by atoms with Crippen LogP contribution in [0, 0.1) is 18.3 Å². The van der Waals surface area contributed by atoms with Gasteiger partial charge in [-0.2, -0.15) is 0 Å². The summed E-state index contributed by atoms with van der Waals surface area (Å²) in [6, 6.07) is 6.41. The standard InChI is InChI=1S/C27H36N4O4/c1-18-11-20-15-28-24(29-25(33)21-14-27(21)3-9-34-10-4-27)13-19(20)12-22(18)30-5-7-31(8-6-30)26(2)17-35-16-23(26)32/h11-13,15,21,23,32H,3-10,14,16-17H2,1-2H3,(H,28,29,33)/t21?,23-,26+/m0/s1. The molecule has 4 aliphatic rings. The summed E-state index contributed by atoms with van der Waals surface area (Å²) in [5.41, 5.74) is 2.30. The van der Waals surface area contributed by atoms with Crippen LogP contribution in [0.4, 0.5) is 11.5 Å². The Morgan fingerprint density at radius 2 is 1.89 bits per heavy atom. The first-order chi connectivity index (χ1) is 16.9. The van der Waals surface area contributed by atoms with Crippen LogP contribution in [0.25, 0.3) is 10.8 Å². The fourth-order valence-electron chi connectivity index (χ4n) is 6.38. The van der Waals surface area contributed by atoms with Gasteiger partial charge in [-0.1, -0.05) is 0 Å². The van der Waals surface area contributed by atoms with Gasteiger partial charge in [-0.3, -0.25) is 9.69 Å². The van der Waals surface area contributed by atoms with Crippen molar-refractivity contribution < 1.29 is 19.4 Å². The third-order valence-corrected chi connectivity index (χ3v) is 9.01. The monoisotopic (exact) mass is 480 g/mol. The molecule has 4 heterocycles. The Kier molecular flexibility index (Phi) is 5.75. The maximum Gasteiger partial charge on any atom is 0.229 e. The highest BCUT2D eigenvalue weighted by Crippen LogP contribution is 2.59. The number of aryl methyl sites for hydroxylation is 1. The number of anilines is 2. The fraction of sp³-hybridized carbons (Fsp3) is 0.630. The van der Waals surface area contributed by atoms with Crippen molar-refractivity contribution in [1.29, 1.82) is 0 Å². The summed E-state index contributed by atoms with van der Waals surface area (Å²) in [4.78, 5) is 22.2. The number of aliphatic hydroxyl groups is 1. The van der Waals surface area contributed by atoms with Crippen molar-refractivity contribution in [3.05, 3.63) is 30.0 Å². The minimum atomic E-state index is -0.436. The van der Waals surface area contributed by atoms with E-state index in [1.807, 2.05) is 12.3 Å². The smallest absolute Gasteiger partial charge is 0.229 e. The molecule has 6 rings (SSSR count). The van der Waals surface area contributed by atoms with E-state index in [0.29, 0.717) is 19.0 Å². The Bertz CT molecular complexity index is 1130. The Morgan fingerprint density at radius 1 is 1.11 bits per heavy atom. The molecule has 1 aromatic heterocycles. The molecule has 0 bridgehead atoms. The number of amides is 1. The molecule has 3 saturated heterocycles. The second-order valence-corrected chi connectivity index (χ2v) is 11.1. The number of aliphatic hydroxyl groups excluding tert-OH is 1. The minimum absolute atomic E-state index is 0.0828. The normalized spacial score (nSPS) is 30.7. The van der Waals surface area contributed by atoms with Crippen LogP contribution < -0.4 is 10.2 Å². The van der Waals surface area contributed by atoms with Gasteiger partial charge >= 0.3 is 0 Å². The second-order valence-electron chi connectivity index (χ2n) is 11.1. The third kappa shape index (κ3) is 4.10. The van der Waals surface area contributed by atoms with Crippen molar-refractivity contribution in [3.8, 4) is 0 Å². The molecule has 8 nitrogen and oxygen atoms in total. The van der Waals surface area contributed by atoms with E-state index in [0.717, 1.165) is 69.4 Å². The van der Waals surface area contributed by atoms with Gasteiger partial charge < -0.3 is 24.8 Å². The first-order valence-electron chi connectivity index (χ1n) is 12.9. The van der Waals surface area contributed by atoms with Crippen LogP contribution in [-0.4, -0.2) is 85.1 Å². The quantitative estimate of drug-likeness (QED) is 0.696. The van der Waals surface area contributed by atoms with E-state index in [-0.39, 0.29) is 22.8 Å². The van der Waals surface area contributed by atoms with Crippen molar-refractivity contribution in [3.63, 3.8) is 0 Å². The maximum absolute atomic E-state index is 12.9. The molecule has 3 atom stereocenters. The summed E-state index contributed by atoms with van der Waals surface area (Å²) in [5.74, 6) is 0.799. The van der Waals surface area contributed by atoms with E-state index in [4.69, 9.17) is 9.47 Å². The van der Waals surface area contributed by atoms with Gasteiger partial charge in [0, 0.05) is 62.6 Å². The number of piperazine rings is 1. The number of benzene rings is 1. The summed E-state index contributed by atoms with van der Waals surface area (Å²) < 4.78 is 11.0. The highest BCUT2D eigenvalue weighted by Gasteiger charge is 2.58. The number of carbonyl (C=O) groups excluding carboxylic acids is 1. The average Bonchev–Trinajstić information content (AvgIpc) is 3.44. The van der Waals surface area contributed by atoms with Gasteiger partial charge in [0.1, 0.15) is 5.82 Å². The lowest BCUT2D eigenvalue weighted by Gasteiger charge is -2.45. The van der Waals surface area contributed by atoms with Crippen LogP contribution in [0.2, 0.25) is 0 Å². The highest BCUT2D eigenvalue weighted by atomic mass is 16.5. The first kappa shape index (κ1) is 23.2. The van der Waals surface area contributed by atoms with Crippen molar-refractivity contribution in [2.45, 2.75) is 44.8 Å². The molecule has 1 aromatic carbocycles. The SMILES string of the molecule is Cc1cc2cnc(NC(=O)C3CC34CCOCC4)cc2cc1N1CCN([C@]2(C)COC[C@@H]2O)CC1. The lowest BCUT2D eigenvalue weighted by molar-refractivity contribution is -0.118. The molecule has 1 aliphatic carbocycles. The zero-order valence-electron chi connectivity index (χ0n) is 20.8. The summed E-state index contributed by atoms with van der Waals surface area (Å²) >= 11 is 0. The summed E-state index contributed by atoms with van der Waals surface area (Å²) in [6.07, 6.45) is 4.36. The topological polar surface area (TPSA) is 87.2 Å². The molecule has 1 unspecified atom stereocenters. The number of ether oxygens (including phenoxy) is 2. The number of nitrogens with one attached hydrogen (secondary N) is 1. The molecule has 35 heavy (non-hydrogen) atoms. The molecular weight excluding hydrogens is 444 g/mol. The van der Waals surface area contributed by atoms with Crippen LogP contribution in [-0.2, 0) is 14.3 Å². The Hall–Kier alpha value is -2.26. The number of pyridine rings is 1. The number of hydrogen-bond acceptors (Lipinski definition) is 7. The zero-order valence-corrected chi connectivity index (χ0v) is 20.8. The maximum atomic E-state index is 12.9. The van der Waals surface area contributed by atoms with E-state index < -0.39 is 6.10 Å². The molecule has 1 saturated carbocycles. The van der Waals surface area contributed by atoms with E-state index in [1.54, 1.807) is 0 Å². The van der Waals surface area contributed by atoms with E-state index in [2.05, 4.69) is 46.1 Å². The van der Waals surface area contributed by atoms with Crippen molar-refractivity contribution in [2.24, 2.45) is 11.3 Å². The van der Waals surface area contributed by atoms with Crippen LogP contribution in [0.3, 0.4) is 0 Å². The molecule has 2 N–H and O–H groups in total. The number of carbonyl (C=O) groups is 1. The fourth-order valence-corrected chi connectivity index (χ4v) is 6.38. The highest BCUT2D eigenvalue weighted by molar-refractivity contribution is 5.97. The van der Waals surface area contributed by atoms with Gasteiger partial charge in [-0.15, -0.1) is 0 Å². The summed E-state index contributed by atoms with van der Waals surface area (Å²) in [6.45, 7) is 10.4. The number of rotatable bonds is 4. The van der Waals surface area contributed by atoms with Crippen LogP contribution in [0.5, 0.6) is 0 Å². The number of aromatic nitrogens is 1. The Morgan fingerprint density at radius 3 is 2.60 bits per heavy atom. The summed E-state index contributed by atoms with van der Waals surface area (Å²) in [5, 5.41) is 15.7. The molecule has 188 valence electrons. The molecule has 4 fully saturated rings. The molecule has 3 aliphatic heterocycles. The predicted octanol–water partition coefficient (Wildman–Crippen LogP) is 2.57. The number of hydrogen-bond donors (Lipinski definition) is 2. The van der Waals surface area contributed by atoms with Gasteiger partial charge in [0.05, 0.1) is 24.9 Å². The largest absolute Gasteiger partial charge is 0.389 e. The molecule has 0 radical (unpaired) electrons. The number of nitrogens with zero attached hydrogens (tertiary/aromatic N) is 3. The number of fused-ring (bicyclic) bond motifs is 1. The van der Waals surface area contributed by atoms with Crippen molar-refractivity contribution in [2.75, 3.05) is 62.8 Å². The van der Waals surface area contributed by atoms with Crippen LogP contribution in [0.1, 0.15) is 31.7 Å². The van der Waals surface area contributed by atoms with Gasteiger partial charge in [0.2, 0.25) is 5.91 Å². The van der Waals surface area contributed by atoms with Crippen LogP contribution in [0.15, 0.2) is 24.4 Å². The van der Waals surface area contributed by atoms with Gasteiger partial charge in [0.15, 0.2) is 0 Å². The molecule has 2 aromatic rings. The Balaban J connectivity index is 1.15. The summed E-state index contributed by atoms with van der Waals surface area (Å²) in [7, 11) is 0.